The first-order valence-electron chi connectivity index (χ1n) is 6.56. The molecule has 2 atom stereocenters. The molecule has 2 rings (SSSR count). The van der Waals surface area contributed by atoms with E-state index in [9.17, 15) is 24.3 Å². The van der Waals surface area contributed by atoms with Gasteiger partial charge in [0.1, 0.15) is 30.1 Å². The van der Waals surface area contributed by atoms with Crippen LogP contribution in [-0.4, -0.2) is 57.5 Å². The molecule has 2 aliphatic rings. The lowest BCUT2D eigenvalue weighted by Crippen LogP contribution is -2.70. The van der Waals surface area contributed by atoms with Crippen LogP contribution in [-0.2, 0) is 23.9 Å². The van der Waals surface area contributed by atoms with E-state index in [2.05, 4.69) is 5.32 Å². The highest BCUT2D eigenvalue weighted by atomic mass is 32.2. The predicted octanol–water partition coefficient (Wildman–Crippen LogP) is -0.798. The van der Waals surface area contributed by atoms with E-state index in [1.807, 2.05) is 0 Å². The topological polar surface area (TPSA) is 137 Å². The van der Waals surface area contributed by atoms with Crippen molar-refractivity contribution in [2.75, 3.05) is 12.4 Å². The van der Waals surface area contributed by atoms with Crippen molar-refractivity contribution < 1.29 is 29.0 Å². The number of carboxylic acid groups (broad SMARTS) is 1. The van der Waals surface area contributed by atoms with E-state index in [4.69, 9.17) is 10.00 Å². The summed E-state index contributed by atoms with van der Waals surface area (Å²) in [5, 5.41) is 19.7. The Bertz CT molecular complexity index is 653. The summed E-state index contributed by atoms with van der Waals surface area (Å²) in [4.78, 5) is 47.0. The fourth-order valence-corrected chi connectivity index (χ4v) is 3.61. The van der Waals surface area contributed by atoms with Crippen LogP contribution < -0.4 is 5.32 Å². The van der Waals surface area contributed by atoms with Crippen molar-refractivity contribution >= 4 is 35.5 Å². The summed E-state index contributed by atoms with van der Waals surface area (Å²) in [6.07, 6.45) is -0.375. The van der Waals surface area contributed by atoms with Crippen LogP contribution in [0.4, 0.5) is 0 Å². The third kappa shape index (κ3) is 3.29. The predicted molar refractivity (Wildman–Crippen MR) is 76.5 cm³/mol. The Morgan fingerprint density at radius 1 is 1.52 bits per heavy atom. The molecule has 0 aromatic rings. The summed E-state index contributed by atoms with van der Waals surface area (Å²) < 4.78 is 4.81. The fourth-order valence-electron chi connectivity index (χ4n) is 2.28. The van der Waals surface area contributed by atoms with Gasteiger partial charge in [-0.1, -0.05) is 0 Å². The van der Waals surface area contributed by atoms with Gasteiger partial charge >= 0.3 is 11.9 Å². The minimum absolute atomic E-state index is 0.202. The molecule has 23 heavy (non-hydrogen) atoms. The van der Waals surface area contributed by atoms with E-state index in [1.54, 1.807) is 6.07 Å². The minimum Gasteiger partial charge on any atom is -0.477 e. The van der Waals surface area contributed by atoms with E-state index in [0.29, 0.717) is 5.57 Å². The maximum absolute atomic E-state index is 12.1. The van der Waals surface area contributed by atoms with Crippen LogP contribution in [0.5, 0.6) is 0 Å². The number of esters is 1. The molecule has 0 bridgehead atoms. The molecule has 0 aliphatic carbocycles. The molecule has 0 aromatic heterocycles. The lowest BCUT2D eigenvalue weighted by atomic mass is 10.0. The molecular weight excluding hydrogens is 329 g/mol. The van der Waals surface area contributed by atoms with Gasteiger partial charge < -0.3 is 15.2 Å². The van der Waals surface area contributed by atoms with Crippen LogP contribution in [0.25, 0.3) is 0 Å². The number of carboxylic acids is 1. The zero-order valence-corrected chi connectivity index (χ0v) is 12.9. The maximum Gasteiger partial charge on any atom is 0.352 e. The number of rotatable bonds is 5. The highest BCUT2D eigenvalue weighted by molar-refractivity contribution is 8.00. The molecule has 0 aromatic carbocycles. The van der Waals surface area contributed by atoms with Gasteiger partial charge in [-0.25, -0.2) is 4.79 Å². The van der Waals surface area contributed by atoms with E-state index >= 15 is 0 Å². The zero-order valence-electron chi connectivity index (χ0n) is 12.1. The van der Waals surface area contributed by atoms with Crippen LogP contribution in [0, 0.1) is 11.3 Å². The van der Waals surface area contributed by atoms with Crippen molar-refractivity contribution in [1.29, 1.82) is 5.26 Å². The number of hydrogen-bond donors (Lipinski definition) is 2. The number of carbonyl (C=O) groups is 4. The number of amides is 2. The van der Waals surface area contributed by atoms with Crippen LogP contribution in [0.1, 0.15) is 13.3 Å². The number of ether oxygens (including phenoxy) is 1. The summed E-state index contributed by atoms with van der Waals surface area (Å²) in [6.45, 7) is 1.00. The van der Waals surface area contributed by atoms with Crippen LogP contribution in [0.15, 0.2) is 11.3 Å². The molecule has 1 saturated heterocycles. The first-order chi connectivity index (χ1) is 10.9. The Labute approximate surface area is 135 Å². The molecule has 0 spiro atoms. The average molecular weight is 342 g/mol. The SMILES string of the molecule is CC(=O)OCC1=C(C(=O)O)N2C(=O)[C@@H](N[13C](=O)[13CH2][13C]#N)[C@H]2SC1. The van der Waals surface area contributed by atoms with Gasteiger partial charge in [0.25, 0.3) is 5.91 Å². The number of carbonyl (C=O) groups excluding carboxylic acids is 3. The van der Waals surface area contributed by atoms with Crippen LogP contribution >= 0.6 is 11.8 Å². The molecule has 2 N–H and O–H groups in total. The summed E-state index contributed by atoms with van der Waals surface area (Å²) in [5.74, 6) is -2.74. The van der Waals surface area contributed by atoms with Gasteiger partial charge in [0, 0.05) is 18.2 Å². The Hall–Kier alpha value is -2.54. The third-order valence-corrected chi connectivity index (χ3v) is 4.60. The number of aliphatic carboxylic acids is 1. The Balaban J connectivity index is 2.16. The lowest BCUT2D eigenvalue weighted by Gasteiger charge is -2.49. The van der Waals surface area contributed by atoms with E-state index in [0.717, 1.165) is 4.90 Å². The number of thioether (sulfide) groups is 1. The van der Waals surface area contributed by atoms with Gasteiger partial charge in [0.05, 0.1) is 6.07 Å². The van der Waals surface area contributed by atoms with Crippen molar-refractivity contribution in [2.45, 2.75) is 24.8 Å². The van der Waals surface area contributed by atoms with E-state index in [-0.39, 0.29) is 24.5 Å². The summed E-state index contributed by atoms with van der Waals surface area (Å²) >= 11 is 1.26. The molecule has 9 nitrogen and oxygen atoms in total. The first-order valence-corrected chi connectivity index (χ1v) is 7.61. The van der Waals surface area contributed by atoms with Crippen molar-refractivity contribution in [3.63, 3.8) is 0 Å². The Morgan fingerprint density at radius 2 is 2.22 bits per heavy atom. The summed E-state index contributed by atoms with van der Waals surface area (Å²) in [7, 11) is 0. The lowest BCUT2D eigenvalue weighted by molar-refractivity contribution is -0.150. The van der Waals surface area contributed by atoms with Crippen molar-refractivity contribution in [2.24, 2.45) is 0 Å². The van der Waals surface area contributed by atoms with Crippen LogP contribution in [0.2, 0.25) is 0 Å². The normalized spacial score (nSPS) is 22.6. The number of nitrogens with one attached hydrogen (secondary N) is 1. The Morgan fingerprint density at radius 3 is 2.78 bits per heavy atom. The van der Waals surface area contributed by atoms with Gasteiger partial charge in [0.15, 0.2) is 0 Å². The molecule has 0 radical (unpaired) electrons. The third-order valence-electron chi connectivity index (χ3n) is 3.26. The van der Waals surface area contributed by atoms with Gasteiger partial charge in [-0.15, -0.1) is 11.8 Å². The molecule has 0 unspecified atom stereocenters. The summed E-state index contributed by atoms with van der Waals surface area (Å²) in [5.41, 5.74) is 0.106. The minimum atomic E-state index is -1.30. The van der Waals surface area contributed by atoms with Crippen molar-refractivity contribution in [1.82, 2.24) is 10.2 Å². The molecule has 0 saturated carbocycles. The number of fused-ring (bicyclic) bond motifs is 1. The zero-order chi connectivity index (χ0) is 17.1. The standard InChI is InChI=1S/C13H13N3O6S/c1-6(17)22-4-7-5-23-12-9(15-8(18)2-3-14)11(19)16(12)10(7)13(20)21/h9,12H,2,4-5H2,1H3,(H,15,18)(H,20,21)/t9-,12-/m1/s1/i2+1,3+1,8+1. The summed E-state index contributed by atoms with van der Waals surface area (Å²) in [6, 6.07) is 0.818. The van der Waals surface area contributed by atoms with Gasteiger partial charge in [-0.3, -0.25) is 19.3 Å². The quantitative estimate of drug-likeness (QED) is 0.376. The van der Waals surface area contributed by atoms with Crippen molar-refractivity contribution in [3.8, 4) is 6.07 Å². The highest BCUT2D eigenvalue weighted by Crippen LogP contribution is 2.40. The molecule has 2 amide bonds. The first kappa shape index (κ1) is 16.8. The second-order valence-electron chi connectivity index (χ2n) is 4.83. The van der Waals surface area contributed by atoms with E-state index < -0.39 is 35.2 Å². The van der Waals surface area contributed by atoms with Gasteiger partial charge in [-0.2, -0.15) is 5.26 Å². The molecule has 2 heterocycles. The number of hydrogen-bond acceptors (Lipinski definition) is 7. The van der Waals surface area contributed by atoms with Crippen LogP contribution in [0.3, 0.4) is 0 Å². The largest absolute Gasteiger partial charge is 0.477 e. The number of nitriles is 1. The number of β-lactam (4-membered cyclic amide) rings is 1. The fraction of sp³-hybridized carbons (Fsp3) is 0.462. The second kappa shape index (κ2) is 6.70. The van der Waals surface area contributed by atoms with Gasteiger partial charge in [0.2, 0.25) is 5.91 Å². The molecule has 122 valence electrons. The Kier molecular flexibility index (Phi) is 4.90. The average Bonchev–Trinajstić information content (AvgIpc) is 2.49. The van der Waals surface area contributed by atoms with E-state index in [1.165, 1.54) is 18.7 Å². The smallest absolute Gasteiger partial charge is 0.352 e. The maximum atomic E-state index is 12.1. The second-order valence-corrected chi connectivity index (χ2v) is 5.93. The molecule has 1 fully saturated rings. The van der Waals surface area contributed by atoms with Gasteiger partial charge in [-0.05, 0) is 0 Å². The van der Waals surface area contributed by atoms with Crippen molar-refractivity contribution in [3.05, 3.63) is 11.3 Å². The number of nitrogens with zero attached hydrogens (tertiary/aromatic N) is 2. The molecular formula is C13H13N3O6S. The molecule has 10 heteroatoms. The monoisotopic (exact) mass is 342 g/mol. The molecule has 2 aliphatic heterocycles. The highest BCUT2D eigenvalue weighted by Gasteiger charge is 2.54.